The van der Waals surface area contributed by atoms with Gasteiger partial charge in [0.15, 0.2) is 5.82 Å². The Hall–Kier alpha value is -3.38. The lowest BCUT2D eigenvalue weighted by atomic mass is 10.1. The van der Waals surface area contributed by atoms with Gasteiger partial charge in [0.1, 0.15) is 6.07 Å². The molecule has 6 nitrogen and oxygen atoms in total. The lowest BCUT2D eigenvalue weighted by Crippen LogP contribution is -2.10. The number of benzene rings is 2. The highest BCUT2D eigenvalue weighted by molar-refractivity contribution is 6.30. The van der Waals surface area contributed by atoms with Crippen LogP contribution in [0.5, 0.6) is 0 Å². The Kier molecular flexibility index (Phi) is 5.09. The van der Waals surface area contributed by atoms with Crippen LogP contribution in [0.3, 0.4) is 0 Å². The summed E-state index contributed by atoms with van der Waals surface area (Å²) in [6.45, 7) is 0. The van der Waals surface area contributed by atoms with Gasteiger partial charge in [0, 0.05) is 5.02 Å². The summed E-state index contributed by atoms with van der Waals surface area (Å²) in [5.41, 5.74) is -0.355. The van der Waals surface area contributed by atoms with Crippen molar-refractivity contribution in [1.82, 2.24) is 15.2 Å². The summed E-state index contributed by atoms with van der Waals surface area (Å²) in [7, 11) is 0. The van der Waals surface area contributed by atoms with Crippen LogP contribution < -0.4 is 10.6 Å². The van der Waals surface area contributed by atoms with Gasteiger partial charge < -0.3 is 10.6 Å². The van der Waals surface area contributed by atoms with Crippen molar-refractivity contribution in [2.24, 2.45) is 0 Å². The first-order valence-corrected chi connectivity index (χ1v) is 7.84. The molecular weight excluding hydrogens is 381 g/mol. The number of halogens is 4. The van der Waals surface area contributed by atoms with Crippen LogP contribution in [0.15, 0.2) is 48.7 Å². The highest BCUT2D eigenvalue weighted by Crippen LogP contribution is 2.37. The van der Waals surface area contributed by atoms with Gasteiger partial charge in [-0.15, -0.1) is 5.10 Å². The fraction of sp³-hybridized carbons (Fsp3) is 0.0588. The molecule has 0 saturated heterocycles. The SMILES string of the molecule is N#Cc1ccccc1Nc1cnnc(Nc2ccc(Cl)cc2C(F)(F)F)n1. The molecule has 3 rings (SSSR count). The van der Waals surface area contributed by atoms with E-state index in [-0.39, 0.29) is 22.5 Å². The van der Waals surface area contributed by atoms with Crippen LogP contribution in [0.25, 0.3) is 0 Å². The monoisotopic (exact) mass is 390 g/mol. The molecule has 136 valence electrons. The molecule has 0 atom stereocenters. The summed E-state index contributed by atoms with van der Waals surface area (Å²) >= 11 is 5.66. The molecule has 0 aliphatic carbocycles. The van der Waals surface area contributed by atoms with E-state index in [1.165, 1.54) is 18.3 Å². The minimum Gasteiger partial charge on any atom is -0.338 e. The van der Waals surface area contributed by atoms with Gasteiger partial charge >= 0.3 is 6.18 Å². The third-order valence-electron chi connectivity index (χ3n) is 3.40. The van der Waals surface area contributed by atoms with Crippen LogP contribution in [0.2, 0.25) is 5.02 Å². The molecule has 2 aromatic carbocycles. The molecule has 0 unspecified atom stereocenters. The lowest BCUT2D eigenvalue weighted by molar-refractivity contribution is -0.136. The van der Waals surface area contributed by atoms with E-state index in [9.17, 15) is 13.2 Å². The van der Waals surface area contributed by atoms with Crippen LogP contribution >= 0.6 is 11.6 Å². The van der Waals surface area contributed by atoms with Gasteiger partial charge in [0.25, 0.3) is 0 Å². The summed E-state index contributed by atoms with van der Waals surface area (Å²) in [6, 6.07) is 12.0. The fourth-order valence-electron chi connectivity index (χ4n) is 2.22. The van der Waals surface area contributed by atoms with Crippen molar-refractivity contribution in [2.75, 3.05) is 10.6 Å². The lowest BCUT2D eigenvalue weighted by Gasteiger charge is -2.14. The standard InChI is InChI=1S/C17H10ClF3N6/c18-11-5-6-14(12(7-11)17(19,20)21)25-16-26-15(9-23-27-16)24-13-4-2-1-3-10(13)8-22/h1-7,9H,(H2,24,25,26,27). The summed E-state index contributed by atoms with van der Waals surface area (Å²) in [5, 5.41) is 21.8. The second-order valence-electron chi connectivity index (χ2n) is 5.26. The molecule has 0 saturated carbocycles. The average Bonchev–Trinajstić information content (AvgIpc) is 2.63. The quantitative estimate of drug-likeness (QED) is 0.658. The van der Waals surface area contributed by atoms with Crippen molar-refractivity contribution < 1.29 is 13.2 Å². The number of alkyl halides is 3. The van der Waals surface area contributed by atoms with Gasteiger partial charge in [-0.1, -0.05) is 23.7 Å². The number of nitrogens with one attached hydrogen (secondary N) is 2. The third-order valence-corrected chi connectivity index (χ3v) is 3.64. The second kappa shape index (κ2) is 7.47. The number of nitrogens with zero attached hydrogens (tertiary/aromatic N) is 4. The smallest absolute Gasteiger partial charge is 0.338 e. The summed E-state index contributed by atoms with van der Waals surface area (Å²) in [4.78, 5) is 4.08. The molecule has 0 spiro atoms. The summed E-state index contributed by atoms with van der Waals surface area (Å²) in [6.07, 6.45) is -3.33. The van der Waals surface area contributed by atoms with Crippen LogP contribution in [-0.2, 0) is 6.18 Å². The zero-order valence-corrected chi connectivity index (χ0v) is 14.2. The topological polar surface area (TPSA) is 86.5 Å². The molecule has 27 heavy (non-hydrogen) atoms. The van der Waals surface area contributed by atoms with Gasteiger partial charge in [-0.3, -0.25) is 0 Å². The first-order valence-electron chi connectivity index (χ1n) is 7.46. The van der Waals surface area contributed by atoms with Gasteiger partial charge in [0.05, 0.1) is 28.7 Å². The molecule has 10 heteroatoms. The molecule has 3 aromatic rings. The molecule has 0 radical (unpaired) electrons. The van der Waals surface area contributed by atoms with Crippen LogP contribution in [-0.4, -0.2) is 15.2 Å². The van der Waals surface area contributed by atoms with E-state index < -0.39 is 11.7 Å². The number of anilines is 4. The molecule has 1 heterocycles. The highest BCUT2D eigenvalue weighted by Gasteiger charge is 2.34. The highest BCUT2D eigenvalue weighted by atomic mass is 35.5. The van der Waals surface area contributed by atoms with Crippen molar-refractivity contribution in [1.29, 1.82) is 5.26 Å². The minimum atomic E-state index is -4.61. The van der Waals surface area contributed by atoms with Gasteiger partial charge in [-0.25, -0.2) is 0 Å². The Bertz CT molecular complexity index is 1020. The minimum absolute atomic E-state index is 0.0459. The average molecular weight is 391 g/mol. The Morgan fingerprint density at radius 3 is 2.56 bits per heavy atom. The third kappa shape index (κ3) is 4.43. The van der Waals surface area contributed by atoms with Crippen molar-refractivity contribution in [2.45, 2.75) is 6.18 Å². The number of para-hydroxylation sites is 1. The first-order chi connectivity index (χ1) is 12.9. The first kappa shape index (κ1) is 18.4. The molecule has 0 bridgehead atoms. The molecule has 0 aliphatic heterocycles. The maximum absolute atomic E-state index is 13.2. The van der Waals surface area contributed by atoms with Crippen molar-refractivity contribution in [3.05, 3.63) is 64.8 Å². The van der Waals surface area contributed by atoms with Gasteiger partial charge in [-0.2, -0.15) is 28.5 Å². The number of aromatic nitrogens is 3. The molecule has 0 fully saturated rings. The largest absolute Gasteiger partial charge is 0.418 e. The Morgan fingerprint density at radius 2 is 1.81 bits per heavy atom. The summed E-state index contributed by atoms with van der Waals surface area (Å²) in [5.74, 6) is 0.0555. The maximum Gasteiger partial charge on any atom is 0.418 e. The molecule has 1 aromatic heterocycles. The van der Waals surface area contributed by atoms with E-state index >= 15 is 0 Å². The van der Waals surface area contributed by atoms with Crippen molar-refractivity contribution in [3.63, 3.8) is 0 Å². The molecule has 0 amide bonds. The summed E-state index contributed by atoms with van der Waals surface area (Å²) < 4.78 is 39.5. The molecular formula is C17H10ClF3N6. The van der Waals surface area contributed by atoms with E-state index in [1.54, 1.807) is 24.3 Å². The normalized spacial score (nSPS) is 10.9. The molecule has 2 N–H and O–H groups in total. The number of rotatable bonds is 4. The van der Waals surface area contributed by atoms with Crippen LogP contribution in [0.4, 0.5) is 36.3 Å². The van der Waals surface area contributed by atoms with E-state index in [0.29, 0.717) is 11.3 Å². The zero-order valence-electron chi connectivity index (χ0n) is 13.4. The van der Waals surface area contributed by atoms with Gasteiger partial charge in [0.2, 0.25) is 5.95 Å². The fourth-order valence-corrected chi connectivity index (χ4v) is 2.40. The second-order valence-corrected chi connectivity index (χ2v) is 5.70. The van der Waals surface area contributed by atoms with Crippen molar-refractivity contribution >= 4 is 34.7 Å². The van der Waals surface area contributed by atoms with Crippen LogP contribution in [0, 0.1) is 11.3 Å². The number of hydrogen-bond acceptors (Lipinski definition) is 6. The van der Waals surface area contributed by atoms with Gasteiger partial charge in [-0.05, 0) is 30.3 Å². The Labute approximate surface area is 156 Å². The molecule has 0 aliphatic rings. The predicted molar refractivity (Wildman–Crippen MR) is 94.0 cm³/mol. The van der Waals surface area contributed by atoms with Crippen LogP contribution in [0.1, 0.15) is 11.1 Å². The van der Waals surface area contributed by atoms with E-state index in [0.717, 1.165) is 6.07 Å². The van der Waals surface area contributed by atoms with Crippen molar-refractivity contribution in [3.8, 4) is 6.07 Å². The Morgan fingerprint density at radius 1 is 1.04 bits per heavy atom. The predicted octanol–water partition coefficient (Wildman–Crippen LogP) is 4.90. The van der Waals surface area contributed by atoms with E-state index in [2.05, 4.69) is 25.8 Å². The maximum atomic E-state index is 13.2. The van der Waals surface area contributed by atoms with E-state index in [4.69, 9.17) is 16.9 Å². The number of nitriles is 1. The van der Waals surface area contributed by atoms with E-state index in [1.807, 2.05) is 6.07 Å². The Balaban J connectivity index is 1.88. The number of hydrogen-bond donors (Lipinski definition) is 2. The zero-order chi connectivity index (χ0) is 19.4.